The maximum atomic E-state index is 13.0. The van der Waals surface area contributed by atoms with Crippen LogP contribution < -0.4 is 10.1 Å². The van der Waals surface area contributed by atoms with Crippen LogP contribution in [0.3, 0.4) is 0 Å². The van der Waals surface area contributed by atoms with Gasteiger partial charge in [0.25, 0.3) is 17.1 Å². The summed E-state index contributed by atoms with van der Waals surface area (Å²) in [6.45, 7) is 1.78. The summed E-state index contributed by atoms with van der Waals surface area (Å²) in [4.78, 5) is 38.0. The highest BCUT2D eigenvalue weighted by Crippen LogP contribution is 2.31. The zero-order chi connectivity index (χ0) is 20.8. The number of para-hydroxylation sites is 1. The van der Waals surface area contributed by atoms with Gasteiger partial charge in [0.15, 0.2) is 6.10 Å². The molecule has 0 radical (unpaired) electrons. The number of halogens is 1. The predicted molar refractivity (Wildman–Crippen MR) is 109 cm³/mol. The highest BCUT2D eigenvalue weighted by atomic mass is 32.2. The predicted octanol–water partition coefficient (Wildman–Crippen LogP) is 3.45. The number of amides is 3. The van der Waals surface area contributed by atoms with Crippen LogP contribution in [-0.4, -0.2) is 41.1 Å². The SMILES string of the molecule is CC(Oc1ccccc1)C(=O)NCCN1C(=O)SC(=Cc2ccc(F)cc2)C1=O. The minimum Gasteiger partial charge on any atom is -0.481 e. The summed E-state index contributed by atoms with van der Waals surface area (Å²) < 4.78 is 18.5. The normalized spacial score (nSPS) is 16.2. The summed E-state index contributed by atoms with van der Waals surface area (Å²) >= 11 is 0.815. The molecule has 150 valence electrons. The first kappa shape index (κ1) is 20.6. The molecule has 1 unspecified atom stereocenters. The molecule has 8 heteroatoms. The van der Waals surface area contributed by atoms with Crippen molar-refractivity contribution in [3.63, 3.8) is 0 Å². The van der Waals surface area contributed by atoms with Crippen LogP contribution in [0.25, 0.3) is 6.08 Å². The molecule has 1 N–H and O–H groups in total. The summed E-state index contributed by atoms with van der Waals surface area (Å²) in [5.41, 5.74) is 0.622. The van der Waals surface area contributed by atoms with Crippen LogP contribution in [0, 0.1) is 5.82 Å². The number of hydrogen-bond donors (Lipinski definition) is 1. The number of ether oxygens (including phenoxy) is 1. The monoisotopic (exact) mass is 414 g/mol. The molecule has 1 atom stereocenters. The summed E-state index contributed by atoms with van der Waals surface area (Å²) in [5.74, 6) is -0.585. The van der Waals surface area contributed by atoms with Gasteiger partial charge in [-0.2, -0.15) is 0 Å². The van der Waals surface area contributed by atoms with Gasteiger partial charge in [0.1, 0.15) is 11.6 Å². The molecular formula is C21H19FN2O4S. The van der Waals surface area contributed by atoms with Crippen molar-refractivity contribution in [1.82, 2.24) is 10.2 Å². The Morgan fingerprint density at radius 1 is 1.17 bits per heavy atom. The first-order valence-corrected chi connectivity index (χ1v) is 9.76. The molecule has 6 nitrogen and oxygen atoms in total. The Bertz CT molecular complexity index is 931. The van der Waals surface area contributed by atoms with E-state index in [4.69, 9.17) is 4.74 Å². The Labute approximate surface area is 171 Å². The number of carbonyl (C=O) groups is 3. The number of thioether (sulfide) groups is 1. The van der Waals surface area contributed by atoms with Gasteiger partial charge in [-0.05, 0) is 54.6 Å². The lowest BCUT2D eigenvalue weighted by Crippen LogP contribution is -2.41. The zero-order valence-electron chi connectivity index (χ0n) is 15.6. The quantitative estimate of drug-likeness (QED) is 0.703. The Morgan fingerprint density at radius 3 is 2.55 bits per heavy atom. The van der Waals surface area contributed by atoms with Gasteiger partial charge in [0, 0.05) is 13.1 Å². The fraction of sp³-hybridized carbons (Fsp3) is 0.190. The second-order valence-corrected chi connectivity index (χ2v) is 7.24. The van der Waals surface area contributed by atoms with E-state index in [1.807, 2.05) is 6.07 Å². The second-order valence-electron chi connectivity index (χ2n) is 6.25. The van der Waals surface area contributed by atoms with E-state index in [1.165, 1.54) is 24.3 Å². The van der Waals surface area contributed by atoms with Gasteiger partial charge < -0.3 is 10.1 Å². The van der Waals surface area contributed by atoms with Crippen molar-refractivity contribution in [2.45, 2.75) is 13.0 Å². The van der Waals surface area contributed by atoms with Crippen LogP contribution in [0.15, 0.2) is 59.5 Å². The van der Waals surface area contributed by atoms with E-state index >= 15 is 0 Å². The van der Waals surface area contributed by atoms with Gasteiger partial charge in [-0.1, -0.05) is 30.3 Å². The third-order valence-corrected chi connectivity index (χ3v) is 5.01. The summed E-state index contributed by atoms with van der Waals surface area (Å²) in [7, 11) is 0. The highest BCUT2D eigenvalue weighted by Gasteiger charge is 2.34. The molecule has 1 fully saturated rings. The average molecular weight is 414 g/mol. The number of carbonyl (C=O) groups excluding carboxylic acids is 3. The maximum Gasteiger partial charge on any atom is 0.293 e. The van der Waals surface area contributed by atoms with Gasteiger partial charge in [-0.3, -0.25) is 19.3 Å². The van der Waals surface area contributed by atoms with E-state index in [0.717, 1.165) is 16.7 Å². The van der Waals surface area contributed by atoms with Gasteiger partial charge in [0.05, 0.1) is 4.91 Å². The standard InChI is InChI=1S/C21H19FN2O4S/c1-14(28-17-5-3-2-4-6-17)19(25)23-11-12-24-20(26)18(29-21(24)27)13-15-7-9-16(22)10-8-15/h2-10,13-14H,11-12H2,1H3,(H,23,25). The van der Waals surface area contributed by atoms with Crippen LogP contribution in [-0.2, 0) is 9.59 Å². The highest BCUT2D eigenvalue weighted by molar-refractivity contribution is 8.18. The Balaban J connectivity index is 1.51. The Kier molecular flexibility index (Phi) is 6.66. The summed E-state index contributed by atoms with van der Waals surface area (Å²) in [5, 5.41) is 2.25. The largest absolute Gasteiger partial charge is 0.481 e. The molecule has 1 saturated heterocycles. The number of hydrogen-bond acceptors (Lipinski definition) is 5. The van der Waals surface area contributed by atoms with Gasteiger partial charge in [-0.15, -0.1) is 0 Å². The lowest BCUT2D eigenvalue weighted by atomic mass is 10.2. The molecule has 1 aliphatic heterocycles. The molecule has 1 aliphatic rings. The van der Waals surface area contributed by atoms with Crippen molar-refractivity contribution >= 4 is 34.9 Å². The number of nitrogens with zero attached hydrogens (tertiary/aromatic N) is 1. The minimum atomic E-state index is -0.717. The van der Waals surface area contributed by atoms with E-state index in [-0.39, 0.29) is 29.7 Å². The third kappa shape index (κ3) is 5.45. The number of rotatable bonds is 7. The van der Waals surface area contributed by atoms with E-state index in [0.29, 0.717) is 11.3 Å². The minimum absolute atomic E-state index is 0.0508. The van der Waals surface area contributed by atoms with E-state index < -0.39 is 17.3 Å². The Hall–Kier alpha value is -3.13. The van der Waals surface area contributed by atoms with Crippen LogP contribution in [0.2, 0.25) is 0 Å². The van der Waals surface area contributed by atoms with Crippen molar-refractivity contribution in [3.8, 4) is 5.75 Å². The maximum absolute atomic E-state index is 13.0. The smallest absolute Gasteiger partial charge is 0.293 e. The molecule has 3 amide bonds. The van der Waals surface area contributed by atoms with Gasteiger partial charge >= 0.3 is 0 Å². The van der Waals surface area contributed by atoms with Crippen LogP contribution >= 0.6 is 11.8 Å². The van der Waals surface area contributed by atoms with E-state index in [1.54, 1.807) is 37.3 Å². The molecule has 29 heavy (non-hydrogen) atoms. The molecule has 3 rings (SSSR count). The molecule has 2 aromatic rings. The lowest BCUT2D eigenvalue weighted by Gasteiger charge is -2.16. The Morgan fingerprint density at radius 2 is 1.86 bits per heavy atom. The number of benzene rings is 2. The average Bonchev–Trinajstić information content (AvgIpc) is 2.97. The van der Waals surface area contributed by atoms with Gasteiger partial charge in [0.2, 0.25) is 0 Å². The molecule has 0 bridgehead atoms. The second kappa shape index (κ2) is 9.38. The summed E-state index contributed by atoms with van der Waals surface area (Å²) in [6.07, 6.45) is 0.823. The number of nitrogens with one attached hydrogen (secondary N) is 1. The van der Waals surface area contributed by atoms with Crippen molar-refractivity contribution in [2.75, 3.05) is 13.1 Å². The fourth-order valence-corrected chi connectivity index (χ4v) is 3.46. The van der Waals surface area contributed by atoms with Crippen LogP contribution in [0.5, 0.6) is 5.75 Å². The lowest BCUT2D eigenvalue weighted by molar-refractivity contribution is -0.128. The van der Waals surface area contributed by atoms with Crippen molar-refractivity contribution < 1.29 is 23.5 Å². The topological polar surface area (TPSA) is 75.7 Å². The molecular weight excluding hydrogens is 395 g/mol. The zero-order valence-corrected chi connectivity index (χ0v) is 16.4. The van der Waals surface area contributed by atoms with Crippen molar-refractivity contribution in [3.05, 3.63) is 70.9 Å². The number of imide groups is 1. The first-order valence-electron chi connectivity index (χ1n) is 8.94. The first-order chi connectivity index (χ1) is 13.9. The summed E-state index contributed by atoms with van der Waals surface area (Å²) in [6, 6.07) is 14.6. The molecule has 2 aromatic carbocycles. The molecule has 0 aliphatic carbocycles. The van der Waals surface area contributed by atoms with Crippen molar-refractivity contribution in [2.24, 2.45) is 0 Å². The van der Waals surface area contributed by atoms with Gasteiger partial charge in [-0.25, -0.2) is 4.39 Å². The van der Waals surface area contributed by atoms with Crippen LogP contribution in [0.1, 0.15) is 12.5 Å². The molecule has 0 saturated carbocycles. The van der Waals surface area contributed by atoms with Crippen LogP contribution in [0.4, 0.5) is 9.18 Å². The third-order valence-electron chi connectivity index (χ3n) is 4.10. The fourth-order valence-electron chi connectivity index (χ4n) is 2.59. The van der Waals surface area contributed by atoms with E-state index in [9.17, 15) is 18.8 Å². The van der Waals surface area contributed by atoms with Crippen molar-refractivity contribution in [1.29, 1.82) is 0 Å². The molecule has 0 aromatic heterocycles. The molecule has 0 spiro atoms. The van der Waals surface area contributed by atoms with E-state index in [2.05, 4.69) is 5.32 Å². The molecule has 1 heterocycles.